The fourth-order valence-corrected chi connectivity index (χ4v) is 3.09. The van der Waals surface area contributed by atoms with Gasteiger partial charge in [-0.25, -0.2) is 8.78 Å². The Morgan fingerprint density at radius 3 is 2.40 bits per heavy atom. The van der Waals surface area contributed by atoms with Crippen LogP contribution >= 0.6 is 0 Å². The molecule has 0 atom stereocenters. The zero-order valence-corrected chi connectivity index (χ0v) is 16.2. The Bertz CT molecular complexity index is 1110. The zero-order valence-electron chi connectivity index (χ0n) is 16.2. The van der Waals surface area contributed by atoms with Gasteiger partial charge in [0.15, 0.2) is 11.6 Å². The molecule has 0 aromatic heterocycles. The van der Waals surface area contributed by atoms with Crippen molar-refractivity contribution in [1.29, 1.82) is 0 Å². The van der Waals surface area contributed by atoms with Gasteiger partial charge in [0, 0.05) is 10.9 Å². The van der Waals surface area contributed by atoms with Crippen molar-refractivity contribution >= 4 is 10.8 Å². The molecule has 30 heavy (non-hydrogen) atoms. The predicted molar refractivity (Wildman–Crippen MR) is 106 cm³/mol. The number of rotatable bonds is 5. The highest BCUT2D eigenvalue weighted by molar-refractivity contribution is 5.86. The molecule has 0 fully saturated rings. The van der Waals surface area contributed by atoms with E-state index >= 15 is 0 Å². The molecular weight excluding hydrogens is 399 g/mol. The fraction of sp³-hybridized carbons (Fsp3) is 0.250. The molecule has 0 amide bonds. The van der Waals surface area contributed by atoms with Crippen LogP contribution in [0, 0.1) is 23.5 Å². The van der Waals surface area contributed by atoms with Crippen molar-refractivity contribution in [3.8, 4) is 17.6 Å². The summed E-state index contributed by atoms with van der Waals surface area (Å²) in [5.74, 6) is 3.17. The van der Waals surface area contributed by atoms with Crippen molar-refractivity contribution in [2.45, 2.75) is 39.0 Å². The molecule has 0 aliphatic rings. The van der Waals surface area contributed by atoms with Gasteiger partial charge in [0.05, 0.1) is 5.56 Å². The molecule has 0 N–H and O–H groups in total. The van der Waals surface area contributed by atoms with Gasteiger partial charge in [-0.3, -0.25) is 0 Å². The topological polar surface area (TPSA) is 9.23 Å². The molecular formula is C24H19F5O. The number of halogens is 5. The lowest BCUT2D eigenvalue weighted by molar-refractivity contribution is -0.275. The minimum Gasteiger partial charge on any atom is -0.403 e. The molecule has 0 bridgehead atoms. The third kappa shape index (κ3) is 5.50. The van der Waals surface area contributed by atoms with Crippen LogP contribution in [0.1, 0.15) is 42.9 Å². The van der Waals surface area contributed by atoms with Crippen LogP contribution < -0.4 is 4.74 Å². The third-order valence-corrected chi connectivity index (χ3v) is 4.59. The van der Waals surface area contributed by atoms with Crippen LogP contribution in [0.5, 0.6) is 5.75 Å². The summed E-state index contributed by atoms with van der Waals surface area (Å²) in [4.78, 5) is 0. The lowest BCUT2D eigenvalue weighted by atomic mass is 10.0. The molecule has 3 aromatic rings. The Morgan fingerprint density at radius 1 is 0.900 bits per heavy atom. The van der Waals surface area contributed by atoms with Crippen LogP contribution in [0.25, 0.3) is 10.8 Å². The van der Waals surface area contributed by atoms with E-state index in [1.54, 1.807) is 6.07 Å². The Labute approximate surface area is 171 Å². The summed E-state index contributed by atoms with van der Waals surface area (Å²) in [6.45, 7) is 2.11. The molecule has 0 unspecified atom stereocenters. The summed E-state index contributed by atoms with van der Waals surface area (Å²) in [6.07, 6.45) is -0.970. The maximum absolute atomic E-state index is 14.3. The van der Waals surface area contributed by atoms with Crippen LogP contribution in [-0.4, -0.2) is 6.36 Å². The van der Waals surface area contributed by atoms with Crippen molar-refractivity contribution in [2.24, 2.45) is 0 Å². The summed E-state index contributed by atoms with van der Waals surface area (Å²) < 4.78 is 69.3. The number of aryl methyl sites for hydroxylation is 1. The molecule has 0 radical (unpaired) electrons. The Morgan fingerprint density at radius 2 is 1.70 bits per heavy atom. The second-order valence-electron chi connectivity index (χ2n) is 6.88. The largest absolute Gasteiger partial charge is 0.573 e. The molecule has 0 heterocycles. The molecule has 1 nitrogen and oxygen atoms in total. The first-order chi connectivity index (χ1) is 14.3. The first-order valence-electron chi connectivity index (χ1n) is 9.55. The number of benzene rings is 3. The number of unbranched alkanes of at least 4 members (excludes halogenated alkanes) is 2. The molecule has 0 aliphatic carbocycles. The van der Waals surface area contributed by atoms with Gasteiger partial charge in [-0.15, -0.1) is 13.2 Å². The SMILES string of the molecule is CCCCCc1ccc(C#Cc2ccc3c(F)c(OC(F)(F)F)ccc3c2)c(F)c1. The summed E-state index contributed by atoms with van der Waals surface area (Å²) in [5, 5.41) is 0.338. The summed E-state index contributed by atoms with van der Waals surface area (Å²) >= 11 is 0. The molecule has 0 aliphatic heterocycles. The van der Waals surface area contributed by atoms with E-state index in [1.807, 2.05) is 6.07 Å². The van der Waals surface area contributed by atoms with Crippen molar-refractivity contribution in [1.82, 2.24) is 0 Å². The molecule has 0 spiro atoms. The molecule has 0 saturated carbocycles. The lowest BCUT2D eigenvalue weighted by Gasteiger charge is -2.11. The summed E-state index contributed by atoms with van der Waals surface area (Å²) in [7, 11) is 0. The Kier molecular flexibility index (Phi) is 6.61. The van der Waals surface area contributed by atoms with Crippen LogP contribution in [0.15, 0.2) is 48.5 Å². The number of ether oxygens (including phenoxy) is 1. The van der Waals surface area contributed by atoms with Crippen molar-refractivity contribution in [2.75, 3.05) is 0 Å². The highest BCUT2D eigenvalue weighted by atomic mass is 19.4. The normalized spacial score (nSPS) is 11.3. The minimum absolute atomic E-state index is 0.0232. The Hall–Kier alpha value is -3.07. The first kappa shape index (κ1) is 21.6. The van der Waals surface area contributed by atoms with E-state index in [0.717, 1.165) is 37.3 Å². The summed E-state index contributed by atoms with van der Waals surface area (Å²) in [5.41, 5.74) is 1.65. The molecule has 156 valence electrons. The lowest BCUT2D eigenvalue weighted by Crippen LogP contribution is -2.17. The van der Waals surface area contributed by atoms with Crippen LogP contribution in [-0.2, 0) is 6.42 Å². The van der Waals surface area contributed by atoms with Crippen LogP contribution in [0.2, 0.25) is 0 Å². The third-order valence-electron chi connectivity index (χ3n) is 4.59. The number of alkyl halides is 3. The average Bonchev–Trinajstić information content (AvgIpc) is 2.69. The van der Waals surface area contributed by atoms with Crippen LogP contribution in [0.4, 0.5) is 22.0 Å². The van der Waals surface area contributed by atoms with Gasteiger partial charge in [-0.1, -0.05) is 49.8 Å². The van der Waals surface area contributed by atoms with Crippen molar-refractivity contribution in [3.05, 3.63) is 76.9 Å². The fourth-order valence-electron chi connectivity index (χ4n) is 3.09. The van der Waals surface area contributed by atoms with E-state index in [0.29, 0.717) is 10.9 Å². The van der Waals surface area contributed by atoms with E-state index in [-0.39, 0.29) is 10.9 Å². The highest BCUT2D eigenvalue weighted by Gasteiger charge is 2.32. The number of hydrogen-bond acceptors (Lipinski definition) is 1. The van der Waals surface area contributed by atoms with E-state index in [4.69, 9.17) is 0 Å². The van der Waals surface area contributed by atoms with E-state index in [9.17, 15) is 22.0 Å². The van der Waals surface area contributed by atoms with E-state index < -0.39 is 23.7 Å². The second kappa shape index (κ2) is 9.17. The van der Waals surface area contributed by atoms with Gasteiger partial charge in [-0.2, -0.15) is 0 Å². The van der Waals surface area contributed by atoms with Gasteiger partial charge in [-0.05, 0) is 54.1 Å². The molecule has 6 heteroatoms. The number of fused-ring (bicyclic) bond motifs is 1. The molecule has 0 saturated heterocycles. The zero-order chi connectivity index (χ0) is 21.7. The first-order valence-corrected chi connectivity index (χ1v) is 9.55. The molecule has 3 aromatic carbocycles. The average molecular weight is 418 g/mol. The maximum atomic E-state index is 14.3. The van der Waals surface area contributed by atoms with Crippen molar-refractivity contribution in [3.63, 3.8) is 0 Å². The van der Waals surface area contributed by atoms with E-state index in [1.165, 1.54) is 30.3 Å². The smallest absolute Gasteiger partial charge is 0.403 e. The van der Waals surface area contributed by atoms with E-state index in [2.05, 4.69) is 23.5 Å². The second-order valence-corrected chi connectivity index (χ2v) is 6.88. The predicted octanol–water partition coefficient (Wildman–Crippen LogP) is 7.15. The highest BCUT2D eigenvalue weighted by Crippen LogP contribution is 2.31. The standard InChI is InChI=1S/C24H19F5O/c1-2-3-4-5-16-6-9-18(21(25)15-16)10-7-17-8-12-20-19(14-17)11-13-22(23(20)26)30-24(27,28)29/h6,8-9,11-15H,2-5H2,1H3. The molecule has 3 rings (SSSR count). The van der Waals surface area contributed by atoms with Crippen LogP contribution in [0.3, 0.4) is 0 Å². The maximum Gasteiger partial charge on any atom is 0.573 e. The van der Waals surface area contributed by atoms with Gasteiger partial charge in [0.25, 0.3) is 0 Å². The quantitative estimate of drug-likeness (QED) is 0.243. The Balaban J connectivity index is 1.82. The van der Waals surface area contributed by atoms with Gasteiger partial charge in [0.2, 0.25) is 0 Å². The minimum atomic E-state index is -4.98. The van der Waals surface area contributed by atoms with Gasteiger partial charge < -0.3 is 4.74 Å². The van der Waals surface area contributed by atoms with Gasteiger partial charge in [0.1, 0.15) is 5.82 Å². The summed E-state index contributed by atoms with van der Waals surface area (Å²) in [6, 6.07) is 11.5. The monoisotopic (exact) mass is 418 g/mol. The number of hydrogen-bond donors (Lipinski definition) is 0. The van der Waals surface area contributed by atoms with Crippen molar-refractivity contribution < 1.29 is 26.7 Å². The van der Waals surface area contributed by atoms with Gasteiger partial charge >= 0.3 is 6.36 Å².